The topological polar surface area (TPSA) is 94.3 Å². The van der Waals surface area contributed by atoms with E-state index in [1.165, 1.54) is 17.5 Å². The fourth-order valence-electron chi connectivity index (χ4n) is 2.26. The van der Waals surface area contributed by atoms with Gasteiger partial charge in [-0.2, -0.15) is 0 Å². The van der Waals surface area contributed by atoms with Crippen LogP contribution >= 0.6 is 11.3 Å². The number of ether oxygens (including phenoxy) is 1. The summed E-state index contributed by atoms with van der Waals surface area (Å²) in [7, 11) is 0. The van der Waals surface area contributed by atoms with Gasteiger partial charge in [0.1, 0.15) is 5.56 Å². The molecule has 0 unspecified atom stereocenters. The molecule has 2 aromatic heterocycles. The molecular formula is C17H15N3O3S. The third kappa shape index (κ3) is 3.07. The molecule has 0 saturated heterocycles. The standard InChI is InChI=1S/C17H15N3O3S/c1-2-23-17(22)12-9-19-13-6-5-10(8-11(13)15(12)18)20-16(21)14-4-3-7-24-14/h3-9H,2H2,1H3,(H2,18,19)(H,20,21). The minimum Gasteiger partial charge on any atom is -0.462 e. The summed E-state index contributed by atoms with van der Waals surface area (Å²) in [6.07, 6.45) is 1.40. The fourth-order valence-corrected chi connectivity index (χ4v) is 2.88. The van der Waals surface area contributed by atoms with Crippen LogP contribution in [0.4, 0.5) is 11.4 Å². The number of hydrogen-bond donors (Lipinski definition) is 2. The number of nitrogens with zero attached hydrogens (tertiary/aromatic N) is 1. The van der Waals surface area contributed by atoms with Crippen molar-refractivity contribution in [3.63, 3.8) is 0 Å². The van der Waals surface area contributed by atoms with Crippen molar-refractivity contribution < 1.29 is 14.3 Å². The number of amides is 1. The summed E-state index contributed by atoms with van der Waals surface area (Å²) in [6.45, 7) is 1.98. The van der Waals surface area contributed by atoms with Gasteiger partial charge in [-0.3, -0.25) is 9.78 Å². The lowest BCUT2D eigenvalue weighted by Gasteiger charge is -2.10. The number of pyridine rings is 1. The number of carbonyl (C=O) groups is 2. The third-order valence-corrected chi connectivity index (χ3v) is 4.28. The molecule has 7 heteroatoms. The number of nitrogens with one attached hydrogen (secondary N) is 1. The zero-order chi connectivity index (χ0) is 17.1. The average molecular weight is 341 g/mol. The quantitative estimate of drug-likeness (QED) is 0.710. The van der Waals surface area contributed by atoms with Gasteiger partial charge in [0.2, 0.25) is 0 Å². The van der Waals surface area contributed by atoms with Gasteiger partial charge >= 0.3 is 5.97 Å². The normalized spacial score (nSPS) is 10.5. The number of esters is 1. The van der Waals surface area contributed by atoms with Gasteiger partial charge in [-0.25, -0.2) is 4.79 Å². The molecule has 1 amide bonds. The Hall–Kier alpha value is -2.93. The van der Waals surface area contributed by atoms with E-state index < -0.39 is 5.97 Å². The summed E-state index contributed by atoms with van der Waals surface area (Å²) in [5, 5.41) is 5.23. The molecule has 24 heavy (non-hydrogen) atoms. The van der Waals surface area contributed by atoms with E-state index in [9.17, 15) is 9.59 Å². The van der Waals surface area contributed by atoms with Crippen molar-refractivity contribution >= 4 is 45.5 Å². The first-order valence-electron chi connectivity index (χ1n) is 7.30. The molecule has 0 atom stereocenters. The fraction of sp³-hybridized carbons (Fsp3) is 0.118. The van der Waals surface area contributed by atoms with Crippen LogP contribution in [-0.4, -0.2) is 23.5 Å². The lowest BCUT2D eigenvalue weighted by Crippen LogP contribution is -2.11. The first-order chi connectivity index (χ1) is 11.6. The Morgan fingerprint density at radius 1 is 1.33 bits per heavy atom. The van der Waals surface area contributed by atoms with Gasteiger partial charge in [0.25, 0.3) is 5.91 Å². The highest BCUT2D eigenvalue weighted by Gasteiger charge is 2.15. The molecule has 0 aliphatic rings. The zero-order valence-corrected chi connectivity index (χ0v) is 13.7. The number of nitrogen functional groups attached to an aromatic ring is 1. The molecular weight excluding hydrogens is 326 g/mol. The number of nitrogens with two attached hydrogens (primary N) is 1. The second kappa shape index (κ2) is 6.67. The second-order valence-electron chi connectivity index (χ2n) is 4.97. The van der Waals surface area contributed by atoms with Crippen molar-refractivity contribution in [3.8, 4) is 0 Å². The van der Waals surface area contributed by atoms with E-state index >= 15 is 0 Å². The van der Waals surface area contributed by atoms with Crippen LogP contribution in [0.3, 0.4) is 0 Å². The van der Waals surface area contributed by atoms with Crippen molar-refractivity contribution in [3.05, 3.63) is 52.3 Å². The van der Waals surface area contributed by atoms with Crippen LogP contribution in [0, 0.1) is 0 Å². The predicted molar refractivity (Wildman–Crippen MR) is 94.4 cm³/mol. The van der Waals surface area contributed by atoms with Gasteiger partial charge in [-0.15, -0.1) is 11.3 Å². The zero-order valence-electron chi connectivity index (χ0n) is 12.9. The van der Waals surface area contributed by atoms with Crippen molar-refractivity contribution in [2.45, 2.75) is 6.92 Å². The molecule has 0 bridgehead atoms. The maximum atomic E-state index is 12.1. The van der Waals surface area contributed by atoms with E-state index in [1.54, 1.807) is 31.2 Å². The summed E-state index contributed by atoms with van der Waals surface area (Å²) in [5.41, 5.74) is 7.80. The van der Waals surface area contributed by atoms with E-state index in [0.717, 1.165) is 0 Å². The molecule has 0 aliphatic carbocycles. The van der Waals surface area contributed by atoms with Crippen LogP contribution in [0.5, 0.6) is 0 Å². The van der Waals surface area contributed by atoms with Gasteiger partial charge < -0.3 is 15.8 Å². The number of thiophene rings is 1. The highest BCUT2D eigenvalue weighted by molar-refractivity contribution is 7.12. The number of benzene rings is 1. The summed E-state index contributed by atoms with van der Waals surface area (Å²) >= 11 is 1.36. The Balaban J connectivity index is 1.95. The third-order valence-electron chi connectivity index (χ3n) is 3.41. The monoisotopic (exact) mass is 341 g/mol. The van der Waals surface area contributed by atoms with Crippen LogP contribution in [0.25, 0.3) is 10.9 Å². The maximum absolute atomic E-state index is 12.1. The highest BCUT2D eigenvalue weighted by Crippen LogP contribution is 2.27. The molecule has 3 aromatic rings. The van der Waals surface area contributed by atoms with Crippen molar-refractivity contribution in [2.24, 2.45) is 0 Å². The molecule has 3 N–H and O–H groups in total. The van der Waals surface area contributed by atoms with Gasteiger partial charge in [0.05, 0.1) is 22.7 Å². The SMILES string of the molecule is CCOC(=O)c1cnc2ccc(NC(=O)c3cccs3)cc2c1N. The van der Waals surface area contributed by atoms with Gasteiger partial charge in [0, 0.05) is 17.3 Å². The number of aromatic nitrogens is 1. The minimum absolute atomic E-state index is 0.197. The number of fused-ring (bicyclic) bond motifs is 1. The summed E-state index contributed by atoms with van der Waals surface area (Å²) in [4.78, 5) is 28.9. The molecule has 0 spiro atoms. The predicted octanol–water partition coefficient (Wildman–Crippen LogP) is 3.31. The lowest BCUT2D eigenvalue weighted by atomic mass is 10.1. The first-order valence-corrected chi connectivity index (χ1v) is 8.18. The number of anilines is 2. The molecule has 3 rings (SSSR count). The molecule has 2 heterocycles. The average Bonchev–Trinajstić information content (AvgIpc) is 3.10. The molecule has 6 nitrogen and oxygen atoms in total. The van der Waals surface area contributed by atoms with Crippen molar-refractivity contribution in [1.82, 2.24) is 4.98 Å². The molecule has 0 saturated carbocycles. The summed E-state index contributed by atoms with van der Waals surface area (Å²) < 4.78 is 4.97. The van der Waals surface area contributed by atoms with Gasteiger partial charge in [0.15, 0.2) is 0 Å². The Kier molecular flexibility index (Phi) is 4.43. The second-order valence-corrected chi connectivity index (χ2v) is 5.92. The van der Waals surface area contributed by atoms with Crippen LogP contribution in [-0.2, 0) is 4.74 Å². The van der Waals surface area contributed by atoms with Crippen molar-refractivity contribution in [1.29, 1.82) is 0 Å². The lowest BCUT2D eigenvalue weighted by molar-refractivity contribution is 0.0527. The Bertz CT molecular complexity index is 907. The molecule has 122 valence electrons. The van der Waals surface area contributed by atoms with E-state index in [2.05, 4.69) is 10.3 Å². The Morgan fingerprint density at radius 2 is 2.17 bits per heavy atom. The van der Waals surface area contributed by atoms with E-state index in [0.29, 0.717) is 21.5 Å². The Morgan fingerprint density at radius 3 is 2.88 bits per heavy atom. The minimum atomic E-state index is -0.516. The summed E-state index contributed by atoms with van der Waals surface area (Å²) in [5.74, 6) is -0.713. The van der Waals surface area contributed by atoms with Crippen LogP contribution in [0.2, 0.25) is 0 Å². The molecule has 0 aliphatic heterocycles. The van der Waals surface area contributed by atoms with E-state index in [4.69, 9.17) is 10.5 Å². The van der Waals surface area contributed by atoms with Crippen LogP contribution in [0.1, 0.15) is 27.0 Å². The molecule has 0 radical (unpaired) electrons. The van der Waals surface area contributed by atoms with E-state index in [1.807, 2.05) is 11.4 Å². The van der Waals surface area contributed by atoms with Crippen LogP contribution < -0.4 is 11.1 Å². The summed E-state index contributed by atoms with van der Waals surface area (Å²) in [6, 6.07) is 8.74. The molecule has 1 aromatic carbocycles. The van der Waals surface area contributed by atoms with Gasteiger partial charge in [-0.05, 0) is 36.6 Å². The number of rotatable bonds is 4. The number of hydrogen-bond acceptors (Lipinski definition) is 6. The Labute approximate surface area is 142 Å². The van der Waals surface area contributed by atoms with Crippen LogP contribution in [0.15, 0.2) is 41.9 Å². The molecule has 0 fully saturated rings. The largest absolute Gasteiger partial charge is 0.462 e. The highest BCUT2D eigenvalue weighted by atomic mass is 32.1. The van der Waals surface area contributed by atoms with E-state index in [-0.39, 0.29) is 23.8 Å². The number of carbonyl (C=O) groups excluding carboxylic acids is 2. The van der Waals surface area contributed by atoms with Crippen molar-refractivity contribution in [2.75, 3.05) is 17.7 Å². The smallest absolute Gasteiger partial charge is 0.341 e. The maximum Gasteiger partial charge on any atom is 0.341 e. The van der Waals surface area contributed by atoms with Gasteiger partial charge in [-0.1, -0.05) is 6.07 Å². The first kappa shape index (κ1) is 15.9.